The highest BCUT2D eigenvalue weighted by atomic mass is 16.5. The Morgan fingerprint density at radius 1 is 1.19 bits per heavy atom. The number of methoxy groups -OCH3 is 1. The van der Waals surface area contributed by atoms with Crippen LogP contribution in [0.5, 0.6) is 11.6 Å². The highest BCUT2D eigenvalue weighted by Gasteiger charge is 2.19. The number of aryl methyl sites for hydroxylation is 1. The molecule has 8 nitrogen and oxygen atoms in total. The molecule has 4 heterocycles. The lowest BCUT2D eigenvalue weighted by atomic mass is 10.1. The molecule has 0 bridgehead atoms. The Bertz CT molecular complexity index is 1230. The number of aromatic nitrogens is 5. The first-order chi connectivity index (χ1) is 15.5. The van der Waals surface area contributed by atoms with Gasteiger partial charge in [0, 0.05) is 30.5 Å². The van der Waals surface area contributed by atoms with Crippen molar-refractivity contribution in [1.29, 1.82) is 0 Å². The van der Waals surface area contributed by atoms with Gasteiger partial charge in [-0.3, -0.25) is 9.67 Å². The molecule has 0 aliphatic rings. The van der Waals surface area contributed by atoms with Crippen molar-refractivity contribution in [3.63, 3.8) is 0 Å². The van der Waals surface area contributed by atoms with E-state index in [-0.39, 0.29) is 6.04 Å². The van der Waals surface area contributed by atoms with E-state index in [0.717, 1.165) is 45.0 Å². The third kappa shape index (κ3) is 4.08. The van der Waals surface area contributed by atoms with Crippen LogP contribution in [0.15, 0.2) is 42.9 Å². The average molecular weight is 433 g/mol. The van der Waals surface area contributed by atoms with Crippen LogP contribution in [0.3, 0.4) is 0 Å². The molecule has 0 aliphatic heterocycles. The smallest absolute Gasteiger partial charge is 0.222 e. The van der Waals surface area contributed by atoms with Crippen molar-refractivity contribution in [2.24, 2.45) is 0 Å². The van der Waals surface area contributed by atoms with Gasteiger partial charge < -0.3 is 14.8 Å². The van der Waals surface area contributed by atoms with Gasteiger partial charge in [0.05, 0.1) is 42.6 Å². The molecule has 4 aromatic rings. The summed E-state index contributed by atoms with van der Waals surface area (Å²) in [6, 6.07) is 8.04. The summed E-state index contributed by atoms with van der Waals surface area (Å²) in [6.45, 7) is 9.26. The van der Waals surface area contributed by atoms with Gasteiger partial charge in [-0.1, -0.05) is 0 Å². The van der Waals surface area contributed by atoms with Crippen LogP contribution in [0.1, 0.15) is 38.1 Å². The van der Waals surface area contributed by atoms with E-state index < -0.39 is 0 Å². The maximum absolute atomic E-state index is 5.76. The number of nitrogens with one attached hydrogen (secondary N) is 1. The molecule has 8 heteroatoms. The van der Waals surface area contributed by atoms with Crippen LogP contribution in [0.25, 0.3) is 22.3 Å². The molecule has 4 rings (SSSR count). The SMILES string of the molecule is CCOc1ncccc1-c1cc(NCc2ccncc2OC)c2c(n1)c(C)nn2C(C)C. The minimum atomic E-state index is 0.187. The van der Waals surface area contributed by atoms with Gasteiger partial charge in [-0.2, -0.15) is 5.10 Å². The minimum absolute atomic E-state index is 0.187. The van der Waals surface area contributed by atoms with E-state index in [1.165, 1.54) is 0 Å². The monoisotopic (exact) mass is 432 g/mol. The first-order valence-electron chi connectivity index (χ1n) is 10.7. The largest absolute Gasteiger partial charge is 0.495 e. The highest BCUT2D eigenvalue weighted by molar-refractivity contribution is 5.93. The van der Waals surface area contributed by atoms with Crippen LogP contribution in [-0.4, -0.2) is 38.4 Å². The second kappa shape index (κ2) is 9.21. The summed E-state index contributed by atoms with van der Waals surface area (Å²) < 4.78 is 13.2. The summed E-state index contributed by atoms with van der Waals surface area (Å²) in [5.74, 6) is 1.31. The lowest BCUT2D eigenvalue weighted by molar-refractivity contribution is 0.328. The molecule has 0 spiro atoms. The van der Waals surface area contributed by atoms with E-state index in [4.69, 9.17) is 19.6 Å². The second-order valence-electron chi connectivity index (χ2n) is 7.71. The zero-order chi connectivity index (χ0) is 22.7. The molecule has 0 atom stereocenters. The number of rotatable bonds is 8. The van der Waals surface area contributed by atoms with E-state index in [0.29, 0.717) is 19.0 Å². The van der Waals surface area contributed by atoms with Crippen LogP contribution >= 0.6 is 0 Å². The molecule has 0 saturated carbocycles. The zero-order valence-corrected chi connectivity index (χ0v) is 19.1. The van der Waals surface area contributed by atoms with Crippen molar-refractivity contribution in [1.82, 2.24) is 24.7 Å². The Labute approximate surface area is 187 Å². The molecule has 32 heavy (non-hydrogen) atoms. The van der Waals surface area contributed by atoms with Gasteiger partial charge in [-0.05, 0) is 52.0 Å². The molecule has 0 aromatic carbocycles. The van der Waals surface area contributed by atoms with Gasteiger partial charge in [0.15, 0.2) is 0 Å². The van der Waals surface area contributed by atoms with Gasteiger partial charge in [0.2, 0.25) is 5.88 Å². The van der Waals surface area contributed by atoms with Gasteiger partial charge in [0.25, 0.3) is 0 Å². The molecule has 0 unspecified atom stereocenters. The van der Waals surface area contributed by atoms with E-state index >= 15 is 0 Å². The fraction of sp³-hybridized carbons (Fsp3) is 0.333. The molecule has 4 aromatic heterocycles. The fourth-order valence-corrected chi connectivity index (χ4v) is 3.69. The fourth-order valence-electron chi connectivity index (χ4n) is 3.69. The summed E-state index contributed by atoms with van der Waals surface area (Å²) in [4.78, 5) is 13.5. The Kier molecular flexibility index (Phi) is 6.20. The van der Waals surface area contributed by atoms with Crippen LogP contribution in [0.2, 0.25) is 0 Å². The third-order valence-corrected chi connectivity index (χ3v) is 5.20. The Hall–Kier alpha value is -3.68. The molecule has 0 aliphatic carbocycles. The molecular formula is C24H28N6O2. The third-order valence-electron chi connectivity index (χ3n) is 5.20. The Balaban J connectivity index is 1.86. The molecule has 0 radical (unpaired) electrons. The molecule has 1 N–H and O–H groups in total. The quantitative estimate of drug-likeness (QED) is 0.428. The minimum Gasteiger partial charge on any atom is -0.495 e. The van der Waals surface area contributed by atoms with Crippen molar-refractivity contribution in [3.05, 3.63) is 54.1 Å². The van der Waals surface area contributed by atoms with Crippen molar-refractivity contribution in [2.45, 2.75) is 40.3 Å². The summed E-state index contributed by atoms with van der Waals surface area (Å²) in [7, 11) is 1.65. The van der Waals surface area contributed by atoms with Crippen molar-refractivity contribution < 1.29 is 9.47 Å². The van der Waals surface area contributed by atoms with Crippen molar-refractivity contribution >= 4 is 16.7 Å². The second-order valence-corrected chi connectivity index (χ2v) is 7.71. The summed E-state index contributed by atoms with van der Waals surface area (Å²) in [6.07, 6.45) is 5.21. The first kappa shape index (κ1) is 21.5. The number of hydrogen-bond donors (Lipinski definition) is 1. The average Bonchev–Trinajstić information content (AvgIpc) is 3.15. The van der Waals surface area contributed by atoms with Crippen LogP contribution in [0.4, 0.5) is 5.69 Å². The van der Waals surface area contributed by atoms with Crippen LogP contribution in [0, 0.1) is 6.92 Å². The van der Waals surface area contributed by atoms with E-state index in [1.807, 2.05) is 42.8 Å². The van der Waals surface area contributed by atoms with E-state index in [9.17, 15) is 0 Å². The topological polar surface area (TPSA) is 87.0 Å². The Morgan fingerprint density at radius 3 is 2.78 bits per heavy atom. The maximum Gasteiger partial charge on any atom is 0.222 e. The van der Waals surface area contributed by atoms with Gasteiger partial charge >= 0.3 is 0 Å². The number of nitrogens with zero attached hydrogens (tertiary/aromatic N) is 5. The molecular weight excluding hydrogens is 404 g/mol. The number of anilines is 1. The molecule has 166 valence electrons. The number of ether oxygens (including phenoxy) is 2. The molecule has 0 fully saturated rings. The van der Waals surface area contributed by atoms with E-state index in [2.05, 4.69) is 29.1 Å². The predicted molar refractivity (Wildman–Crippen MR) is 125 cm³/mol. The van der Waals surface area contributed by atoms with Crippen LogP contribution < -0.4 is 14.8 Å². The van der Waals surface area contributed by atoms with Gasteiger partial charge in [-0.15, -0.1) is 0 Å². The maximum atomic E-state index is 5.76. The summed E-state index contributed by atoms with van der Waals surface area (Å²) in [5, 5.41) is 8.34. The normalized spacial score (nSPS) is 11.2. The Morgan fingerprint density at radius 2 is 2.03 bits per heavy atom. The summed E-state index contributed by atoms with van der Waals surface area (Å²) in [5.41, 5.74) is 6.27. The standard InChI is InChI=1S/C24H28N6O2/c1-6-32-24-18(8-7-10-26-24)19-12-20(27-13-17-9-11-25-14-21(17)31-5)23-22(28-19)16(4)29-30(23)15(2)3/h7-12,14-15H,6,13H2,1-5H3,(H,27,28). The van der Waals surface area contributed by atoms with Crippen molar-refractivity contribution in [2.75, 3.05) is 19.0 Å². The number of pyridine rings is 3. The highest BCUT2D eigenvalue weighted by Crippen LogP contribution is 2.35. The van der Waals surface area contributed by atoms with Gasteiger partial charge in [0.1, 0.15) is 16.8 Å². The first-order valence-corrected chi connectivity index (χ1v) is 10.7. The molecule has 0 saturated heterocycles. The lowest BCUT2D eigenvalue weighted by Crippen LogP contribution is -2.08. The zero-order valence-electron chi connectivity index (χ0n) is 19.1. The van der Waals surface area contributed by atoms with Crippen LogP contribution in [-0.2, 0) is 6.54 Å². The molecule has 0 amide bonds. The van der Waals surface area contributed by atoms with Crippen molar-refractivity contribution in [3.8, 4) is 22.9 Å². The predicted octanol–water partition coefficient (Wildman–Crippen LogP) is 4.80. The number of fused-ring (bicyclic) bond motifs is 1. The van der Waals surface area contributed by atoms with Gasteiger partial charge in [-0.25, -0.2) is 9.97 Å². The lowest BCUT2D eigenvalue weighted by Gasteiger charge is -2.16. The summed E-state index contributed by atoms with van der Waals surface area (Å²) >= 11 is 0. The number of hydrogen-bond acceptors (Lipinski definition) is 7. The van der Waals surface area contributed by atoms with E-state index in [1.54, 1.807) is 25.7 Å².